The highest BCUT2D eigenvalue weighted by molar-refractivity contribution is 6.09. The van der Waals surface area contributed by atoms with E-state index >= 15 is 0 Å². The molecule has 4 rings (SSSR count). The number of nitrogens with one attached hydrogen (secondary N) is 1. The first-order valence-corrected chi connectivity index (χ1v) is 10.5. The van der Waals surface area contributed by atoms with Gasteiger partial charge in [0.25, 0.3) is 0 Å². The molecule has 8 nitrogen and oxygen atoms in total. The maximum atomic E-state index is 13.5. The molecule has 0 bridgehead atoms. The minimum Gasteiger partial charge on any atom is -0.480 e. The summed E-state index contributed by atoms with van der Waals surface area (Å²) in [7, 11) is 1.52. The lowest BCUT2D eigenvalue weighted by molar-refractivity contribution is -0.122. The predicted octanol–water partition coefficient (Wildman–Crippen LogP) is 3.75. The Labute approximate surface area is 191 Å². The number of anilines is 2. The fourth-order valence-corrected chi connectivity index (χ4v) is 3.98. The highest BCUT2D eigenvalue weighted by atomic mass is 16.5. The van der Waals surface area contributed by atoms with E-state index in [1.54, 1.807) is 56.4 Å². The summed E-state index contributed by atoms with van der Waals surface area (Å²) in [6.07, 6.45) is 1.64. The molecule has 0 spiro atoms. The van der Waals surface area contributed by atoms with Crippen LogP contribution < -0.4 is 15.0 Å². The molecule has 8 heteroatoms. The Bertz CT molecular complexity index is 1250. The number of rotatable bonds is 5. The summed E-state index contributed by atoms with van der Waals surface area (Å²) in [5.41, 5.74) is 4.28. The Morgan fingerprint density at radius 1 is 1.18 bits per heavy atom. The van der Waals surface area contributed by atoms with Crippen molar-refractivity contribution in [2.24, 2.45) is 0 Å². The van der Waals surface area contributed by atoms with Gasteiger partial charge in [-0.3, -0.25) is 19.4 Å². The second-order valence-electron chi connectivity index (χ2n) is 7.93. The van der Waals surface area contributed by atoms with Gasteiger partial charge in [-0.1, -0.05) is 6.07 Å². The van der Waals surface area contributed by atoms with Gasteiger partial charge in [0.2, 0.25) is 17.7 Å². The van der Waals surface area contributed by atoms with Crippen LogP contribution in [0.4, 0.5) is 11.4 Å². The highest BCUT2D eigenvalue weighted by Crippen LogP contribution is 2.44. The third-order valence-corrected chi connectivity index (χ3v) is 5.61. The number of Topliss-reactive ketones (excluding diaryl/α,β-unsaturated/α-hetero) is 1. The molecule has 3 aromatic rings. The lowest BCUT2D eigenvalue weighted by Crippen LogP contribution is -2.40. The van der Waals surface area contributed by atoms with Crippen LogP contribution in [0.5, 0.6) is 5.88 Å². The van der Waals surface area contributed by atoms with Gasteiger partial charge in [0, 0.05) is 28.7 Å². The number of pyridine rings is 2. The van der Waals surface area contributed by atoms with Gasteiger partial charge in [-0.25, -0.2) is 4.98 Å². The minimum atomic E-state index is -0.568. The Balaban J connectivity index is 1.73. The number of methoxy groups -OCH3 is 1. The molecule has 1 N–H and O–H groups in total. The van der Waals surface area contributed by atoms with Crippen LogP contribution >= 0.6 is 0 Å². The average Bonchev–Trinajstić information content (AvgIpc) is 2.88. The van der Waals surface area contributed by atoms with Gasteiger partial charge < -0.3 is 15.0 Å². The maximum absolute atomic E-state index is 13.5. The number of carbonyl (C=O) groups excluding carboxylic acids is 3. The predicted molar refractivity (Wildman–Crippen MR) is 125 cm³/mol. The molecule has 0 fully saturated rings. The van der Waals surface area contributed by atoms with Gasteiger partial charge in [0.15, 0.2) is 5.78 Å². The lowest BCUT2D eigenvalue weighted by Gasteiger charge is -2.25. The van der Waals surface area contributed by atoms with E-state index in [4.69, 9.17) is 4.74 Å². The van der Waals surface area contributed by atoms with Crippen LogP contribution in [0.1, 0.15) is 41.5 Å². The number of amides is 2. The van der Waals surface area contributed by atoms with Crippen molar-refractivity contribution in [3.63, 3.8) is 0 Å². The molecule has 2 aromatic heterocycles. The van der Waals surface area contributed by atoms with Crippen LogP contribution in [0, 0.1) is 6.92 Å². The molecule has 1 aliphatic heterocycles. The Hall–Kier alpha value is -4.07. The number of hydrogen-bond donors (Lipinski definition) is 1. The zero-order valence-corrected chi connectivity index (χ0v) is 18.9. The van der Waals surface area contributed by atoms with E-state index in [0.29, 0.717) is 39.8 Å². The zero-order valence-electron chi connectivity index (χ0n) is 18.9. The van der Waals surface area contributed by atoms with Crippen molar-refractivity contribution in [2.75, 3.05) is 23.9 Å². The number of aromatic nitrogens is 2. The second kappa shape index (κ2) is 8.82. The fraction of sp³-hybridized carbons (Fsp3) is 0.240. The number of ketones is 1. The lowest BCUT2D eigenvalue weighted by atomic mass is 9.98. The quantitative estimate of drug-likeness (QED) is 0.602. The monoisotopic (exact) mass is 444 g/mol. The molecule has 0 aliphatic carbocycles. The third-order valence-electron chi connectivity index (χ3n) is 5.61. The molecular weight excluding hydrogens is 420 g/mol. The van der Waals surface area contributed by atoms with Crippen molar-refractivity contribution in [1.82, 2.24) is 9.97 Å². The standard InChI is InChI=1S/C25H24N4O4/c1-14-12-20-22(24(27-14)33-4)19-6-5-11-26-23(19)15(2)25(32)29(20)13-21(31)28-18-9-7-17(8-10-18)16(3)30/h5-12,15H,13H2,1-4H3,(H,28,31). The molecule has 1 atom stereocenters. The second-order valence-corrected chi connectivity index (χ2v) is 7.93. The summed E-state index contributed by atoms with van der Waals surface area (Å²) in [5, 5.41) is 2.80. The first-order chi connectivity index (χ1) is 15.8. The van der Waals surface area contributed by atoms with Crippen LogP contribution in [0.2, 0.25) is 0 Å². The molecule has 33 heavy (non-hydrogen) atoms. The van der Waals surface area contributed by atoms with E-state index < -0.39 is 5.92 Å². The van der Waals surface area contributed by atoms with E-state index in [0.717, 1.165) is 5.56 Å². The summed E-state index contributed by atoms with van der Waals surface area (Å²) in [5.74, 6) is -0.875. The molecular formula is C25H24N4O4. The van der Waals surface area contributed by atoms with E-state index in [1.807, 2.05) is 6.07 Å². The number of ether oxygens (including phenoxy) is 1. The fourth-order valence-electron chi connectivity index (χ4n) is 3.98. The molecule has 168 valence electrons. The number of carbonyl (C=O) groups is 3. The smallest absolute Gasteiger partial charge is 0.244 e. The van der Waals surface area contributed by atoms with Gasteiger partial charge >= 0.3 is 0 Å². The molecule has 0 saturated carbocycles. The van der Waals surface area contributed by atoms with Gasteiger partial charge in [0.1, 0.15) is 6.54 Å². The maximum Gasteiger partial charge on any atom is 0.244 e. The van der Waals surface area contributed by atoms with Gasteiger partial charge in [0.05, 0.1) is 30.0 Å². The normalized spacial score (nSPS) is 14.7. The molecule has 1 aliphatic rings. The van der Waals surface area contributed by atoms with E-state index in [-0.39, 0.29) is 24.1 Å². The van der Waals surface area contributed by atoms with Gasteiger partial charge in [-0.05, 0) is 57.2 Å². The SMILES string of the molecule is COc1nc(C)cc2c1-c1cccnc1C(C)C(=O)N2CC(=O)Nc1ccc(C(C)=O)cc1. The summed E-state index contributed by atoms with van der Waals surface area (Å²) in [6.45, 7) is 4.86. The Kier molecular flexibility index (Phi) is 5.91. The van der Waals surface area contributed by atoms with E-state index in [1.165, 1.54) is 18.9 Å². The van der Waals surface area contributed by atoms with Crippen LogP contribution in [0.3, 0.4) is 0 Å². The van der Waals surface area contributed by atoms with Gasteiger partial charge in [-0.15, -0.1) is 0 Å². The topological polar surface area (TPSA) is 101 Å². The van der Waals surface area contributed by atoms with Crippen LogP contribution in [0.15, 0.2) is 48.7 Å². The highest BCUT2D eigenvalue weighted by Gasteiger charge is 2.35. The van der Waals surface area contributed by atoms with Crippen LogP contribution in [-0.2, 0) is 9.59 Å². The molecule has 1 aromatic carbocycles. The van der Waals surface area contributed by atoms with Crippen molar-refractivity contribution < 1.29 is 19.1 Å². The number of nitrogens with zero attached hydrogens (tertiary/aromatic N) is 3. The largest absolute Gasteiger partial charge is 0.480 e. The summed E-state index contributed by atoms with van der Waals surface area (Å²) >= 11 is 0. The van der Waals surface area contributed by atoms with Crippen molar-refractivity contribution in [3.05, 3.63) is 65.6 Å². The van der Waals surface area contributed by atoms with Crippen molar-refractivity contribution >= 4 is 29.0 Å². The molecule has 2 amide bonds. The van der Waals surface area contributed by atoms with Gasteiger partial charge in [-0.2, -0.15) is 0 Å². The third kappa shape index (κ3) is 4.19. The molecule has 0 radical (unpaired) electrons. The van der Waals surface area contributed by atoms with Crippen LogP contribution in [0.25, 0.3) is 11.1 Å². The van der Waals surface area contributed by atoms with E-state index in [2.05, 4.69) is 15.3 Å². The number of hydrogen-bond acceptors (Lipinski definition) is 6. The van der Waals surface area contributed by atoms with Crippen molar-refractivity contribution in [2.45, 2.75) is 26.7 Å². The average molecular weight is 444 g/mol. The number of aryl methyl sites for hydroxylation is 1. The summed E-state index contributed by atoms with van der Waals surface area (Å²) in [4.78, 5) is 48.3. The Morgan fingerprint density at radius 3 is 2.58 bits per heavy atom. The van der Waals surface area contributed by atoms with Crippen LogP contribution in [-0.4, -0.2) is 41.2 Å². The molecule has 1 unspecified atom stereocenters. The van der Waals surface area contributed by atoms with E-state index in [9.17, 15) is 14.4 Å². The van der Waals surface area contributed by atoms with Crippen molar-refractivity contribution in [1.29, 1.82) is 0 Å². The summed E-state index contributed by atoms with van der Waals surface area (Å²) < 4.78 is 5.55. The Morgan fingerprint density at radius 2 is 1.91 bits per heavy atom. The zero-order chi connectivity index (χ0) is 23.7. The first-order valence-electron chi connectivity index (χ1n) is 10.5. The summed E-state index contributed by atoms with van der Waals surface area (Å²) in [6, 6.07) is 12.1. The molecule has 3 heterocycles. The number of benzene rings is 1. The molecule has 0 saturated heterocycles. The number of fused-ring (bicyclic) bond motifs is 3. The van der Waals surface area contributed by atoms with Crippen molar-refractivity contribution in [3.8, 4) is 17.0 Å². The minimum absolute atomic E-state index is 0.0558. The first kappa shape index (κ1) is 22.1.